The largest absolute Gasteiger partial charge is 0.480 e. The van der Waals surface area contributed by atoms with Crippen molar-refractivity contribution in [2.75, 3.05) is 33.7 Å². The number of amides is 6. The van der Waals surface area contributed by atoms with Gasteiger partial charge in [0.05, 0.1) is 6.04 Å². The fourth-order valence-corrected chi connectivity index (χ4v) is 5.28. The third-order valence-corrected chi connectivity index (χ3v) is 8.47. The molecule has 1 unspecified atom stereocenters. The lowest BCUT2D eigenvalue weighted by atomic mass is 9.76. The van der Waals surface area contributed by atoms with Crippen molar-refractivity contribution >= 4 is 41.4 Å². The number of rotatable bonds is 17. The van der Waals surface area contributed by atoms with Gasteiger partial charge in [0.2, 0.25) is 23.6 Å². The summed E-state index contributed by atoms with van der Waals surface area (Å²) in [4.78, 5) is 89.6. The zero-order valence-electron chi connectivity index (χ0n) is 29.9. The summed E-state index contributed by atoms with van der Waals surface area (Å²) in [6.07, 6.45) is 3.22. The molecule has 50 heavy (non-hydrogen) atoms. The highest BCUT2D eigenvalue weighted by atomic mass is 19.1. The van der Waals surface area contributed by atoms with E-state index in [1.54, 1.807) is 53.8 Å². The first-order valence-electron chi connectivity index (χ1n) is 16.2. The van der Waals surface area contributed by atoms with Gasteiger partial charge < -0.3 is 31.3 Å². The average molecular weight is 701 g/mol. The minimum Gasteiger partial charge on any atom is -0.480 e. The van der Waals surface area contributed by atoms with Crippen molar-refractivity contribution in [3.8, 4) is 0 Å². The highest BCUT2D eigenvalue weighted by molar-refractivity contribution is 6.12. The van der Waals surface area contributed by atoms with E-state index in [2.05, 4.69) is 21.3 Å². The molecule has 0 spiro atoms. The first-order valence-corrected chi connectivity index (χ1v) is 16.2. The van der Waals surface area contributed by atoms with Gasteiger partial charge in [0, 0.05) is 56.2 Å². The third kappa shape index (κ3) is 11.3. The molecule has 15 heteroatoms. The van der Waals surface area contributed by atoms with Gasteiger partial charge >= 0.3 is 5.97 Å². The normalized spacial score (nSPS) is 15.3. The molecule has 3 atom stereocenters. The first kappa shape index (κ1) is 41.3. The van der Waals surface area contributed by atoms with Gasteiger partial charge in [-0.1, -0.05) is 52.8 Å². The minimum absolute atomic E-state index is 0.0150. The van der Waals surface area contributed by atoms with E-state index < -0.39 is 76.2 Å². The van der Waals surface area contributed by atoms with E-state index >= 15 is 0 Å². The van der Waals surface area contributed by atoms with Crippen molar-refractivity contribution in [3.63, 3.8) is 0 Å². The lowest BCUT2D eigenvalue weighted by Gasteiger charge is -2.38. The maximum absolute atomic E-state index is 14.0. The van der Waals surface area contributed by atoms with E-state index in [9.17, 15) is 43.1 Å². The van der Waals surface area contributed by atoms with Crippen LogP contribution in [0.1, 0.15) is 59.9 Å². The van der Waals surface area contributed by atoms with Crippen molar-refractivity contribution in [1.82, 2.24) is 31.1 Å². The number of hydrogen-bond donors (Lipinski definition) is 5. The van der Waals surface area contributed by atoms with Crippen LogP contribution in [0.5, 0.6) is 0 Å². The number of likely N-dealkylation sites (N-methyl/N-ethyl adjacent to an activating group) is 2. The molecule has 274 valence electrons. The molecule has 1 heterocycles. The van der Waals surface area contributed by atoms with Crippen LogP contribution in [-0.2, 0) is 39.0 Å². The molecule has 1 aromatic carbocycles. The molecule has 0 aromatic heterocycles. The summed E-state index contributed by atoms with van der Waals surface area (Å²) < 4.78 is 14.0. The second-order valence-corrected chi connectivity index (χ2v) is 13.8. The van der Waals surface area contributed by atoms with E-state index in [1.807, 2.05) is 0 Å². The van der Waals surface area contributed by atoms with Crippen molar-refractivity contribution in [2.24, 2.45) is 5.41 Å². The summed E-state index contributed by atoms with van der Waals surface area (Å²) in [6, 6.07) is 2.79. The summed E-state index contributed by atoms with van der Waals surface area (Å²) in [6.45, 7) is 10.3. The number of benzene rings is 1. The van der Waals surface area contributed by atoms with Crippen LogP contribution in [0.3, 0.4) is 0 Å². The van der Waals surface area contributed by atoms with Crippen molar-refractivity contribution in [1.29, 1.82) is 0 Å². The van der Waals surface area contributed by atoms with Crippen LogP contribution in [0.2, 0.25) is 0 Å². The number of carboxylic acids is 1. The Hall–Kier alpha value is -4.92. The molecular formula is C35H49FN6O8. The topological polar surface area (TPSA) is 194 Å². The molecule has 1 aliphatic rings. The number of nitrogens with zero attached hydrogens (tertiary/aromatic N) is 2. The second-order valence-electron chi connectivity index (χ2n) is 13.8. The highest BCUT2D eigenvalue weighted by Crippen LogP contribution is 2.29. The van der Waals surface area contributed by atoms with Gasteiger partial charge in [-0.25, -0.2) is 9.18 Å². The minimum atomic E-state index is -1.39. The van der Waals surface area contributed by atoms with Gasteiger partial charge in [-0.3, -0.25) is 33.7 Å². The standard InChI is InChI=1S/C35H49FN6O8/c1-21(30(46)39-24(33(49)50)12-13-25(43)38-17-19-42-26(44)14-15-27(42)45)16-18-41(8)32(48)29(34(2,3)4)40-31(47)28(37-7)35(5,6)22-10-9-11-23(36)20-22/h9-11,14-16,20,24,28-29,37H,12-13,17-19H2,1-8H3,(H,38,43)(H,39,46)(H,40,47)(H,49,50)/b21-16+/t24-,28-,29?/m1/s1. The number of carboxylic acid groups (broad SMARTS) is 1. The number of aliphatic carboxylic acids is 1. The number of carbonyl (C=O) groups excluding carboxylic acids is 6. The van der Waals surface area contributed by atoms with Crippen LogP contribution in [0.25, 0.3) is 0 Å². The number of nitrogens with one attached hydrogen (secondary N) is 4. The molecule has 14 nitrogen and oxygen atoms in total. The second kappa shape index (κ2) is 17.7. The fraction of sp³-hybridized carbons (Fsp3) is 0.514. The molecule has 0 fully saturated rings. The Morgan fingerprint density at radius 2 is 1.62 bits per heavy atom. The maximum Gasteiger partial charge on any atom is 0.326 e. The van der Waals surface area contributed by atoms with Crippen molar-refractivity contribution in [3.05, 3.63) is 59.4 Å². The van der Waals surface area contributed by atoms with Gasteiger partial charge in [0.15, 0.2) is 0 Å². The predicted molar refractivity (Wildman–Crippen MR) is 183 cm³/mol. The molecule has 1 aliphatic heterocycles. The summed E-state index contributed by atoms with van der Waals surface area (Å²) in [5.41, 5.74) is -0.854. The van der Waals surface area contributed by atoms with Crippen LogP contribution in [0.4, 0.5) is 4.39 Å². The van der Waals surface area contributed by atoms with Crippen LogP contribution in [0.15, 0.2) is 48.1 Å². The smallest absolute Gasteiger partial charge is 0.326 e. The number of carbonyl (C=O) groups is 7. The molecule has 2 rings (SSSR count). The first-order chi connectivity index (χ1) is 23.2. The quantitative estimate of drug-likeness (QED) is 0.117. The Kier molecular flexibility index (Phi) is 14.6. The van der Waals surface area contributed by atoms with Crippen molar-refractivity contribution < 1.29 is 43.1 Å². The van der Waals surface area contributed by atoms with Gasteiger partial charge in [-0.2, -0.15) is 0 Å². The van der Waals surface area contributed by atoms with Crippen molar-refractivity contribution in [2.45, 2.75) is 77.9 Å². The molecule has 0 saturated heterocycles. The number of hydrogen-bond acceptors (Lipinski definition) is 8. The molecule has 0 bridgehead atoms. The van der Waals surface area contributed by atoms with Crippen LogP contribution in [-0.4, -0.2) is 108 Å². The van der Waals surface area contributed by atoms with Crippen LogP contribution in [0, 0.1) is 11.2 Å². The Morgan fingerprint density at radius 3 is 2.16 bits per heavy atom. The Labute approximate surface area is 291 Å². The Morgan fingerprint density at radius 1 is 1.00 bits per heavy atom. The van der Waals surface area contributed by atoms with Gasteiger partial charge in [-0.05, 0) is 43.5 Å². The zero-order chi connectivity index (χ0) is 38.0. The number of imide groups is 1. The van der Waals surface area contributed by atoms with E-state index in [4.69, 9.17) is 0 Å². The molecule has 0 saturated carbocycles. The Bertz CT molecular complexity index is 1510. The molecular weight excluding hydrogens is 651 g/mol. The molecule has 5 N–H and O–H groups in total. The summed E-state index contributed by atoms with van der Waals surface area (Å²) in [7, 11) is 3.11. The summed E-state index contributed by atoms with van der Waals surface area (Å²) in [5.74, 6) is -4.89. The van der Waals surface area contributed by atoms with Crippen LogP contribution >= 0.6 is 0 Å². The SMILES string of the molecule is CN[C@H](C(=O)NC(C(=O)N(C)C/C=C(\C)C(=O)N[C@H](CCC(=O)NCCN1C(=O)C=CC1=O)C(=O)O)C(C)(C)C)C(C)(C)c1cccc(F)c1. The van der Waals surface area contributed by atoms with E-state index in [0.29, 0.717) is 5.56 Å². The van der Waals surface area contributed by atoms with E-state index in [1.165, 1.54) is 37.1 Å². The highest BCUT2D eigenvalue weighted by Gasteiger charge is 2.40. The average Bonchev–Trinajstić information content (AvgIpc) is 3.35. The van der Waals surface area contributed by atoms with Crippen LogP contribution < -0.4 is 21.3 Å². The summed E-state index contributed by atoms with van der Waals surface area (Å²) >= 11 is 0. The lowest BCUT2D eigenvalue weighted by Crippen LogP contribution is -2.60. The molecule has 6 amide bonds. The maximum atomic E-state index is 14.0. The molecule has 0 radical (unpaired) electrons. The van der Waals surface area contributed by atoms with E-state index in [0.717, 1.165) is 17.1 Å². The third-order valence-electron chi connectivity index (χ3n) is 8.47. The van der Waals surface area contributed by atoms with Gasteiger partial charge in [0.25, 0.3) is 11.8 Å². The molecule has 1 aromatic rings. The van der Waals surface area contributed by atoms with Gasteiger partial charge in [-0.15, -0.1) is 0 Å². The number of halogens is 1. The Balaban J connectivity index is 2.00. The zero-order valence-corrected chi connectivity index (χ0v) is 29.9. The monoisotopic (exact) mass is 700 g/mol. The lowest BCUT2D eigenvalue weighted by molar-refractivity contribution is -0.142. The van der Waals surface area contributed by atoms with E-state index in [-0.39, 0.29) is 38.0 Å². The predicted octanol–water partition coefficient (Wildman–Crippen LogP) is 1.02. The fourth-order valence-electron chi connectivity index (χ4n) is 5.28. The van der Waals surface area contributed by atoms with Gasteiger partial charge in [0.1, 0.15) is 17.9 Å². The molecule has 0 aliphatic carbocycles. The summed E-state index contributed by atoms with van der Waals surface area (Å²) in [5, 5.41) is 20.4.